The number of amides is 4. The number of aromatic nitrogens is 6. The van der Waals surface area contributed by atoms with Gasteiger partial charge in [0.1, 0.15) is 41.3 Å². The molecule has 21 nitrogen and oxygen atoms in total. The van der Waals surface area contributed by atoms with Gasteiger partial charge in [-0.05, 0) is 57.9 Å². The van der Waals surface area contributed by atoms with Gasteiger partial charge in [0.05, 0.1) is 65.0 Å². The highest BCUT2D eigenvalue weighted by molar-refractivity contribution is 6.01. The average Bonchev–Trinajstić information content (AvgIpc) is 4.08. The van der Waals surface area contributed by atoms with E-state index < -0.39 is 60.4 Å². The minimum absolute atomic E-state index is 0.0870. The molecule has 23 heteroatoms. The van der Waals surface area contributed by atoms with Crippen LogP contribution in [-0.4, -0.2) is 144 Å². The zero-order valence-electron chi connectivity index (χ0n) is 39.5. The number of nitrogens with zero attached hydrogens (tertiary/aromatic N) is 8. The number of hydrogen-bond donors (Lipinski definition) is 8. The van der Waals surface area contributed by atoms with Crippen molar-refractivity contribution in [1.82, 2.24) is 49.9 Å². The number of carbonyl (C=O) groups is 4. The summed E-state index contributed by atoms with van der Waals surface area (Å²) in [5, 5.41) is 46.9. The number of primary amides is 1. The first-order valence-corrected chi connectivity index (χ1v) is 22.8. The molecule has 6 aromatic rings. The van der Waals surface area contributed by atoms with Crippen LogP contribution in [0.5, 0.6) is 0 Å². The Bertz CT molecular complexity index is 3070. The number of nitrogens with two attached hydrogens (primary N) is 1. The second-order valence-corrected chi connectivity index (χ2v) is 18.8. The van der Waals surface area contributed by atoms with Gasteiger partial charge >= 0.3 is 6.09 Å². The number of carbonyl (C=O) groups excluding carboxylic acids is 4. The summed E-state index contributed by atoms with van der Waals surface area (Å²) in [6.07, 6.45) is 5.56. The van der Waals surface area contributed by atoms with Gasteiger partial charge in [0.15, 0.2) is 0 Å². The van der Waals surface area contributed by atoms with E-state index >= 15 is 0 Å². The maximum absolute atomic E-state index is 14.8. The number of fused-ring (bicyclic) bond motifs is 2. The Hall–Kier alpha value is -7.81. The summed E-state index contributed by atoms with van der Waals surface area (Å²) in [4.78, 5) is 71.3. The summed E-state index contributed by atoms with van der Waals surface area (Å²) in [6, 6.07) is 9.91. The van der Waals surface area contributed by atoms with Crippen molar-refractivity contribution in [3.63, 3.8) is 0 Å². The van der Waals surface area contributed by atoms with Gasteiger partial charge < -0.3 is 52.2 Å². The van der Waals surface area contributed by atoms with Crippen molar-refractivity contribution in [2.24, 2.45) is 11.7 Å². The molecule has 0 aliphatic carbocycles. The molecule has 0 aromatic carbocycles. The lowest BCUT2D eigenvalue weighted by Gasteiger charge is -2.38. The SMILES string of the molecule is COC(=O)N1CCC(Nc2cc(-n3cc(C4NCC4CNc4cc(-n5ccc6cc(C(N)=O)cnc65)ncc4C(=O)NCC(F)C(C)(C)O)c4cc(C#N)cnc43)ncc2C(=O)NCC(F)C(C)(C)O)C1. The number of nitriles is 1. The number of ether oxygens (including phenoxy) is 1. The van der Waals surface area contributed by atoms with Crippen LogP contribution in [0.2, 0.25) is 0 Å². The van der Waals surface area contributed by atoms with Crippen LogP contribution >= 0.6 is 0 Å². The van der Waals surface area contributed by atoms with E-state index in [1.807, 2.05) is 6.20 Å². The third-order valence-electron chi connectivity index (χ3n) is 12.7. The molecule has 0 spiro atoms. The first-order chi connectivity index (χ1) is 33.7. The van der Waals surface area contributed by atoms with Gasteiger partial charge in [0.2, 0.25) is 5.91 Å². The fraction of sp³-hybridized carbons (Fsp3) is 0.396. The summed E-state index contributed by atoms with van der Waals surface area (Å²) in [6.45, 7) is 5.81. The molecule has 71 heavy (non-hydrogen) atoms. The van der Waals surface area contributed by atoms with Crippen LogP contribution in [0, 0.1) is 17.2 Å². The van der Waals surface area contributed by atoms with E-state index in [9.17, 15) is 43.4 Å². The molecule has 0 saturated carbocycles. The lowest BCUT2D eigenvalue weighted by atomic mass is 9.86. The first-order valence-electron chi connectivity index (χ1n) is 22.8. The molecule has 2 saturated heterocycles. The third kappa shape index (κ3) is 10.5. The number of alkyl halides is 2. The second-order valence-electron chi connectivity index (χ2n) is 18.8. The lowest BCUT2D eigenvalue weighted by molar-refractivity contribution is -0.00209. The molecule has 8 heterocycles. The van der Waals surface area contributed by atoms with Crippen LogP contribution in [0.1, 0.15) is 82.4 Å². The van der Waals surface area contributed by atoms with Crippen molar-refractivity contribution in [3.8, 4) is 17.7 Å². The summed E-state index contributed by atoms with van der Waals surface area (Å²) in [7, 11) is 1.30. The Labute approximate surface area is 405 Å². The zero-order valence-corrected chi connectivity index (χ0v) is 39.5. The number of pyridine rings is 4. The molecule has 372 valence electrons. The number of anilines is 2. The summed E-state index contributed by atoms with van der Waals surface area (Å²) in [5.74, 6) is -1.33. The number of hydrogen-bond acceptors (Lipinski definition) is 15. The van der Waals surface area contributed by atoms with Crippen LogP contribution in [0.4, 0.5) is 25.0 Å². The Kier molecular flexibility index (Phi) is 13.9. The van der Waals surface area contributed by atoms with Gasteiger partial charge in [-0.1, -0.05) is 0 Å². The molecule has 9 N–H and O–H groups in total. The highest BCUT2D eigenvalue weighted by atomic mass is 19.1. The van der Waals surface area contributed by atoms with E-state index in [-0.39, 0.29) is 41.2 Å². The Balaban J connectivity index is 1.11. The molecular formula is C48H54F2N14O7. The van der Waals surface area contributed by atoms with Crippen LogP contribution < -0.4 is 32.3 Å². The van der Waals surface area contributed by atoms with E-state index in [0.29, 0.717) is 76.7 Å². The maximum atomic E-state index is 14.8. The van der Waals surface area contributed by atoms with E-state index in [4.69, 9.17) is 10.5 Å². The Morgan fingerprint density at radius 3 is 2.14 bits per heavy atom. The summed E-state index contributed by atoms with van der Waals surface area (Å²) in [5.41, 5.74) is 5.17. The molecule has 2 aliphatic rings. The molecule has 2 fully saturated rings. The van der Waals surface area contributed by atoms with E-state index in [1.54, 1.807) is 45.7 Å². The van der Waals surface area contributed by atoms with Crippen molar-refractivity contribution in [2.75, 3.05) is 57.0 Å². The molecular weight excluding hydrogens is 923 g/mol. The molecule has 6 aromatic heterocycles. The minimum atomic E-state index is -1.76. The standard InChI is InChI=1S/C48H54F2N14O7/c1-47(2,69)36(49)21-59-44(66)31-19-54-38(63-9-6-26-11-27(41(52)65)16-58-42(26)63)12-34(31)53-17-28-18-56-40(28)33-24-64(43-30(33)10-25(14-51)15-57-43)39-13-35(61-29-7-8-62(23-29)46(68)71-5)32(20-55-39)45(67)60-22-37(50)48(3,4)70/h6,9-13,15-16,19-20,24,28-29,36-37,40,56,69-70H,7-8,17-18,21-23H2,1-5H3,(H2,52,65)(H,53,54)(H,55,61)(H,59,66)(H,60,67). The van der Waals surface area contributed by atoms with Crippen molar-refractivity contribution >= 4 is 57.3 Å². The molecule has 0 bridgehead atoms. The number of rotatable bonds is 17. The number of nitrogens with one attached hydrogen (secondary N) is 5. The van der Waals surface area contributed by atoms with Crippen molar-refractivity contribution in [1.29, 1.82) is 5.26 Å². The molecule has 8 rings (SSSR count). The van der Waals surface area contributed by atoms with Crippen LogP contribution in [0.25, 0.3) is 33.7 Å². The van der Waals surface area contributed by atoms with Crippen LogP contribution in [0.15, 0.2) is 67.5 Å². The van der Waals surface area contributed by atoms with E-state index in [2.05, 4.69) is 52.6 Å². The second kappa shape index (κ2) is 19.9. The minimum Gasteiger partial charge on any atom is -0.453 e. The van der Waals surface area contributed by atoms with E-state index in [0.717, 1.165) is 5.56 Å². The smallest absolute Gasteiger partial charge is 0.409 e. The maximum Gasteiger partial charge on any atom is 0.409 e. The van der Waals surface area contributed by atoms with Gasteiger partial charge in [-0.2, -0.15) is 5.26 Å². The molecule has 5 unspecified atom stereocenters. The first kappa shape index (κ1) is 49.6. The predicted molar refractivity (Wildman–Crippen MR) is 257 cm³/mol. The number of aliphatic hydroxyl groups is 2. The predicted octanol–water partition coefficient (Wildman–Crippen LogP) is 3.43. The molecule has 5 atom stereocenters. The molecule has 2 aliphatic heterocycles. The van der Waals surface area contributed by atoms with Gasteiger partial charge in [0, 0.05) is 104 Å². The van der Waals surface area contributed by atoms with E-state index in [1.165, 1.54) is 64.5 Å². The van der Waals surface area contributed by atoms with Crippen molar-refractivity contribution in [3.05, 3.63) is 95.3 Å². The van der Waals surface area contributed by atoms with Crippen molar-refractivity contribution < 1.29 is 42.9 Å². The summed E-state index contributed by atoms with van der Waals surface area (Å²) < 4.78 is 37.9. The monoisotopic (exact) mass is 976 g/mol. The molecule has 4 amide bonds. The Morgan fingerprint density at radius 2 is 1.54 bits per heavy atom. The normalized spacial score (nSPS) is 17.8. The Morgan fingerprint density at radius 1 is 0.901 bits per heavy atom. The average molecular weight is 977 g/mol. The van der Waals surface area contributed by atoms with Crippen LogP contribution in [0.3, 0.4) is 0 Å². The number of methoxy groups -OCH3 is 1. The quantitative estimate of drug-likeness (QED) is 0.0650. The topological polar surface area (TPSA) is 293 Å². The largest absolute Gasteiger partial charge is 0.453 e. The molecule has 0 radical (unpaired) electrons. The fourth-order valence-corrected chi connectivity index (χ4v) is 8.38. The van der Waals surface area contributed by atoms with Gasteiger partial charge in [0.25, 0.3) is 11.8 Å². The summed E-state index contributed by atoms with van der Waals surface area (Å²) >= 11 is 0. The highest BCUT2D eigenvalue weighted by Crippen LogP contribution is 2.37. The van der Waals surface area contributed by atoms with Gasteiger partial charge in [-0.3, -0.25) is 23.5 Å². The lowest BCUT2D eigenvalue weighted by Crippen LogP contribution is -2.48. The van der Waals surface area contributed by atoms with Crippen LogP contribution in [-0.2, 0) is 4.74 Å². The van der Waals surface area contributed by atoms with Gasteiger partial charge in [-0.25, -0.2) is 33.5 Å². The zero-order chi connectivity index (χ0) is 50.9. The third-order valence-corrected chi connectivity index (χ3v) is 12.7. The van der Waals surface area contributed by atoms with Gasteiger partial charge in [-0.15, -0.1) is 0 Å². The fourth-order valence-electron chi connectivity index (χ4n) is 8.38. The highest BCUT2D eigenvalue weighted by Gasteiger charge is 2.36. The van der Waals surface area contributed by atoms with Crippen molar-refractivity contribution in [2.45, 2.75) is 69.7 Å². The number of halogens is 2. The number of likely N-dealkylation sites (tertiary alicyclic amines) is 1.